The molecule has 14 nitrogen and oxygen atoms in total. The minimum atomic E-state index is -1.70. The Labute approximate surface area is 380 Å². The van der Waals surface area contributed by atoms with E-state index in [-0.39, 0.29) is 25.6 Å². The van der Waals surface area contributed by atoms with E-state index in [1.807, 2.05) is 0 Å². The zero-order chi connectivity index (χ0) is 45.9. The maximum absolute atomic E-state index is 13.0. The van der Waals surface area contributed by atoms with Crippen molar-refractivity contribution < 1.29 is 69.0 Å². The number of aliphatic hydroxyl groups excluding tert-OH is 7. The number of rotatable bonds is 40. The molecule has 2 heterocycles. The number of carbonyl (C=O) groups excluding carboxylic acids is 1. The Hall–Kier alpha value is -1.27. The van der Waals surface area contributed by atoms with Gasteiger partial charge >= 0.3 is 5.97 Å². The lowest BCUT2D eigenvalue weighted by Crippen LogP contribution is -2.61. The molecule has 0 spiro atoms. The molecule has 2 saturated heterocycles. The summed E-state index contributed by atoms with van der Waals surface area (Å²) >= 11 is 0. The first-order valence-electron chi connectivity index (χ1n) is 25.3. The van der Waals surface area contributed by atoms with Crippen LogP contribution in [0.1, 0.15) is 194 Å². The molecule has 11 atom stereocenters. The SMILES string of the molecule is CCCCCCCCCC/C=C\CCCCCCCCCCCC(=O)OC(COCCCCCCCCCC)COC1OC(COC2OC(CO)C(O)C(O)C2O)C(O)C(O)C1O. The molecular formula is C49H92O14. The van der Waals surface area contributed by atoms with Gasteiger partial charge in [-0.15, -0.1) is 0 Å². The lowest BCUT2D eigenvalue weighted by molar-refractivity contribution is -0.332. The summed E-state index contributed by atoms with van der Waals surface area (Å²) in [7, 11) is 0. The molecule has 0 aromatic rings. The molecule has 0 aromatic heterocycles. The second kappa shape index (κ2) is 37.8. The first kappa shape index (κ1) is 57.9. The van der Waals surface area contributed by atoms with E-state index in [0.717, 1.165) is 38.5 Å². The molecule has 0 bridgehead atoms. The maximum Gasteiger partial charge on any atom is 0.306 e. The van der Waals surface area contributed by atoms with Crippen molar-refractivity contribution >= 4 is 5.97 Å². The summed E-state index contributed by atoms with van der Waals surface area (Å²) in [5, 5.41) is 71.9. The third kappa shape index (κ3) is 26.0. The first-order chi connectivity index (χ1) is 30.6. The van der Waals surface area contributed by atoms with Gasteiger partial charge in [-0.05, 0) is 38.5 Å². The second-order valence-corrected chi connectivity index (χ2v) is 18.0. The molecule has 0 aromatic carbocycles. The number of hydrogen-bond donors (Lipinski definition) is 7. The maximum atomic E-state index is 13.0. The Kier molecular flexibility index (Phi) is 34.7. The minimum absolute atomic E-state index is 0.0650. The fourth-order valence-electron chi connectivity index (χ4n) is 8.10. The molecule has 2 fully saturated rings. The quantitative estimate of drug-likeness (QED) is 0.0186. The van der Waals surface area contributed by atoms with Gasteiger partial charge in [0, 0.05) is 13.0 Å². The number of ether oxygens (including phenoxy) is 6. The van der Waals surface area contributed by atoms with Crippen LogP contribution in [0.5, 0.6) is 0 Å². The van der Waals surface area contributed by atoms with E-state index in [2.05, 4.69) is 26.0 Å². The molecular weight excluding hydrogens is 813 g/mol. The van der Waals surface area contributed by atoms with Crippen LogP contribution in [0.15, 0.2) is 12.2 Å². The molecule has 14 heteroatoms. The normalized spacial score (nSPS) is 27.0. The third-order valence-corrected chi connectivity index (χ3v) is 12.3. The zero-order valence-electron chi connectivity index (χ0n) is 39.3. The molecule has 2 rings (SSSR count). The summed E-state index contributed by atoms with van der Waals surface area (Å²) in [6.07, 6.45) is 21.5. The van der Waals surface area contributed by atoms with Gasteiger partial charge < -0.3 is 64.2 Å². The molecule has 0 amide bonds. The van der Waals surface area contributed by atoms with Crippen LogP contribution in [-0.4, -0.2) is 142 Å². The first-order valence-corrected chi connectivity index (χ1v) is 25.3. The van der Waals surface area contributed by atoms with E-state index in [9.17, 15) is 40.5 Å². The molecule has 63 heavy (non-hydrogen) atoms. The standard InChI is InChI=1S/C49H92O14/c1-3-5-7-9-11-13-14-15-16-17-18-19-20-21-22-23-24-25-26-28-30-32-41(51)61-38(35-58-33-31-29-27-12-10-8-6-4-2)36-59-48-47(57)45(55)43(53)40(63-48)37-60-49-46(56)44(54)42(52)39(34-50)62-49/h17-18,38-40,42-50,52-57H,3-16,19-37H2,1-2H3/b18-17-. The summed E-state index contributed by atoms with van der Waals surface area (Å²) in [5.41, 5.74) is 0. The van der Waals surface area contributed by atoms with E-state index in [0.29, 0.717) is 13.0 Å². The number of aliphatic hydroxyl groups is 7. The van der Waals surface area contributed by atoms with E-state index in [4.69, 9.17) is 28.4 Å². The van der Waals surface area contributed by atoms with Gasteiger partial charge in [0.05, 0.1) is 26.4 Å². The summed E-state index contributed by atoms with van der Waals surface area (Å²) < 4.78 is 34.1. The lowest BCUT2D eigenvalue weighted by Gasteiger charge is -2.42. The van der Waals surface area contributed by atoms with Crippen LogP contribution in [0.25, 0.3) is 0 Å². The van der Waals surface area contributed by atoms with Crippen molar-refractivity contribution in [2.24, 2.45) is 0 Å². The average Bonchev–Trinajstić information content (AvgIpc) is 3.28. The van der Waals surface area contributed by atoms with Crippen LogP contribution in [0.3, 0.4) is 0 Å². The van der Waals surface area contributed by atoms with E-state index >= 15 is 0 Å². The molecule has 2 aliphatic rings. The molecule has 7 N–H and O–H groups in total. The van der Waals surface area contributed by atoms with Crippen molar-refractivity contribution in [2.45, 2.75) is 261 Å². The van der Waals surface area contributed by atoms with Gasteiger partial charge in [-0.2, -0.15) is 0 Å². The van der Waals surface area contributed by atoms with Crippen molar-refractivity contribution in [1.82, 2.24) is 0 Å². The monoisotopic (exact) mass is 905 g/mol. The number of carbonyl (C=O) groups is 1. The number of allylic oxidation sites excluding steroid dienone is 2. The predicted molar refractivity (Wildman–Crippen MR) is 243 cm³/mol. The highest BCUT2D eigenvalue weighted by Gasteiger charge is 2.47. The van der Waals surface area contributed by atoms with Crippen molar-refractivity contribution in [3.63, 3.8) is 0 Å². The Morgan fingerprint density at radius 3 is 1.44 bits per heavy atom. The van der Waals surface area contributed by atoms with E-state index in [1.165, 1.54) is 128 Å². The molecule has 0 aliphatic carbocycles. The highest BCUT2D eigenvalue weighted by atomic mass is 16.7. The van der Waals surface area contributed by atoms with Crippen molar-refractivity contribution in [2.75, 3.05) is 33.0 Å². The van der Waals surface area contributed by atoms with Gasteiger partial charge in [-0.1, -0.05) is 161 Å². The van der Waals surface area contributed by atoms with Crippen molar-refractivity contribution in [1.29, 1.82) is 0 Å². The van der Waals surface area contributed by atoms with Crippen LogP contribution in [0, 0.1) is 0 Å². The molecule has 0 radical (unpaired) electrons. The lowest BCUT2D eigenvalue weighted by atomic mass is 9.98. The van der Waals surface area contributed by atoms with Gasteiger partial charge in [0.1, 0.15) is 54.9 Å². The van der Waals surface area contributed by atoms with Crippen LogP contribution in [0.2, 0.25) is 0 Å². The van der Waals surface area contributed by atoms with Crippen LogP contribution in [-0.2, 0) is 33.2 Å². The smallest absolute Gasteiger partial charge is 0.306 e. The van der Waals surface area contributed by atoms with Gasteiger partial charge in [-0.3, -0.25) is 4.79 Å². The number of esters is 1. The van der Waals surface area contributed by atoms with E-state index in [1.54, 1.807) is 0 Å². The van der Waals surface area contributed by atoms with Crippen molar-refractivity contribution in [3.05, 3.63) is 12.2 Å². The van der Waals surface area contributed by atoms with Crippen LogP contribution >= 0.6 is 0 Å². The van der Waals surface area contributed by atoms with Crippen LogP contribution in [0.4, 0.5) is 0 Å². The minimum Gasteiger partial charge on any atom is -0.457 e. The molecule has 2 aliphatic heterocycles. The Bertz CT molecular complexity index is 1100. The topological polar surface area (TPSA) is 214 Å². The Morgan fingerprint density at radius 1 is 0.508 bits per heavy atom. The molecule has 0 saturated carbocycles. The summed E-state index contributed by atoms with van der Waals surface area (Å²) in [5.74, 6) is -0.377. The summed E-state index contributed by atoms with van der Waals surface area (Å²) in [6, 6.07) is 0. The number of hydrogen-bond acceptors (Lipinski definition) is 14. The summed E-state index contributed by atoms with van der Waals surface area (Å²) in [6.45, 7) is 3.67. The second-order valence-electron chi connectivity index (χ2n) is 18.0. The summed E-state index contributed by atoms with van der Waals surface area (Å²) in [4.78, 5) is 13.0. The molecule has 372 valence electrons. The van der Waals surface area contributed by atoms with Gasteiger partial charge in [-0.25, -0.2) is 0 Å². The van der Waals surface area contributed by atoms with Crippen LogP contribution < -0.4 is 0 Å². The van der Waals surface area contributed by atoms with Gasteiger partial charge in [0.15, 0.2) is 12.6 Å². The predicted octanol–water partition coefficient (Wildman–Crippen LogP) is 7.07. The number of unbranched alkanes of at least 4 members (excludes halogenated alkanes) is 24. The zero-order valence-corrected chi connectivity index (χ0v) is 39.3. The fourth-order valence-corrected chi connectivity index (χ4v) is 8.10. The highest BCUT2D eigenvalue weighted by molar-refractivity contribution is 5.69. The Balaban J connectivity index is 1.71. The van der Waals surface area contributed by atoms with Gasteiger partial charge in [0.2, 0.25) is 0 Å². The van der Waals surface area contributed by atoms with E-state index < -0.39 is 80.7 Å². The fraction of sp³-hybridized carbons (Fsp3) is 0.939. The third-order valence-electron chi connectivity index (χ3n) is 12.3. The Morgan fingerprint density at radius 2 is 0.937 bits per heavy atom. The molecule has 11 unspecified atom stereocenters. The highest BCUT2D eigenvalue weighted by Crippen LogP contribution is 2.26. The van der Waals surface area contributed by atoms with Crippen molar-refractivity contribution in [3.8, 4) is 0 Å². The largest absolute Gasteiger partial charge is 0.457 e. The van der Waals surface area contributed by atoms with Gasteiger partial charge in [0.25, 0.3) is 0 Å². The average molecular weight is 905 g/mol.